The number of hydrogen-bond donors (Lipinski definition) is 5. The Hall–Kier alpha value is -0.225. The maximum absolute atomic E-state index is 12.2. The van der Waals surface area contributed by atoms with Crippen molar-refractivity contribution in [3.8, 4) is 0 Å². The van der Waals surface area contributed by atoms with Gasteiger partial charge in [-0.05, 0) is 32.5 Å². The van der Waals surface area contributed by atoms with Crippen molar-refractivity contribution in [1.29, 1.82) is 0 Å². The molecule has 1 aliphatic heterocycles. The van der Waals surface area contributed by atoms with Crippen LogP contribution in [0.15, 0.2) is 0 Å². The predicted molar refractivity (Wildman–Crippen MR) is 82.5 cm³/mol. The van der Waals surface area contributed by atoms with Crippen LogP contribution < -0.4 is 16.2 Å². The van der Waals surface area contributed by atoms with E-state index < -0.39 is 22.9 Å². The van der Waals surface area contributed by atoms with Crippen LogP contribution in [0.4, 0.5) is 0 Å². The fourth-order valence-corrected chi connectivity index (χ4v) is 4.13. The third-order valence-corrected chi connectivity index (χ3v) is 5.59. The van der Waals surface area contributed by atoms with Gasteiger partial charge in [0.1, 0.15) is 0 Å². The molecule has 1 aliphatic rings. The van der Waals surface area contributed by atoms with Crippen LogP contribution in [0.25, 0.3) is 0 Å². The monoisotopic (exact) mass is 322 g/mol. The Balaban J connectivity index is 2.64. The lowest BCUT2D eigenvalue weighted by Crippen LogP contribution is -2.48. The maximum Gasteiger partial charge on any atom is 0.451 e. The van der Waals surface area contributed by atoms with Crippen molar-refractivity contribution >= 4 is 17.3 Å². The minimum Gasteiger partial charge on any atom is -0.427 e. The molecule has 124 valence electrons. The molecule has 1 rings (SSSR count). The van der Waals surface area contributed by atoms with E-state index in [1.165, 1.54) is 4.31 Å². The van der Waals surface area contributed by atoms with E-state index in [1.807, 2.05) is 6.92 Å². The summed E-state index contributed by atoms with van der Waals surface area (Å²) in [6.45, 7) is 4.34. The summed E-state index contributed by atoms with van der Waals surface area (Å²) in [4.78, 5) is 0. The summed E-state index contributed by atoms with van der Waals surface area (Å²) < 4.78 is 28.3. The van der Waals surface area contributed by atoms with Crippen molar-refractivity contribution in [3.05, 3.63) is 0 Å². The van der Waals surface area contributed by atoms with Crippen LogP contribution in [-0.2, 0) is 10.2 Å². The summed E-state index contributed by atoms with van der Waals surface area (Å²) >= 11 is 0. The predicted octanol–water partition coefficient (Wildman–Crippen LogP) is -1.93. The van der Waals surface area contributed by atoms with Crippen LogP contribution >= 0.6 is 0 Å². The summed E-state index contributed by atoms with van der Waals surface area (Å²) in [5.74, 6) is -0.0130. The van der Waals surface area contributed by atoms with E-state index in [0.29, 0.717) is 19.4 Å². The van der Waals surface area contributed by atoms with Gasteiger partial charge < -0.3 is 21.5 Å². The van der Waals surface area contributed by atoms with Crippen LogP contribution in [0.1, 0.15) is 26.7 Å². The Kier molecular flexibility index (Phi) is 6.60. The second kappa shape index (κ2) is 7.36. The zero-order chi connectivity index (χ0) is 16.3. The highest BCUT2D eigenvalue weighted by Crippen LogP contribution is 2.31. The minimum absolute atomic E-state index is 0.0130. The largest absolute Gasteiger partial charge is 0.451 e. The first-order valence-electron chi connectivity index (χ1n) is 7.21. The molecule has 0 aliphatic carbocycles. The normalized spacial score (nSPS) is 28.8. The van der Waals surface area contributed by atoms with Gasteiger partial charge in [0.15, 0.2) is 0 Å². The molecule has 0 spiro atoms. The molecular weight excluding hydrogens is 295 g/mol. The second-order valence-electron chi connectivity index (χ2n) is 6.17. The average molecular weight is 322 g/mol. The Bertz CT molecular complexity index is 432. The van der Waals surface area contributed by atoms with Crippen molar-refractivity contribution in [2.75, 3.05) is 19.6 Å². The molecular formula is C11H27BN4O4S. The van der Waals surface area contributed by atoms with Gasteiger partial charge >= 0.3 is 7.12 Å². The van der Waals surface area contributed by atoms with Gasteiger partial charge in [0, 0.05) is 31.2 Å². The van der Waals surface area contributed by atoms with Crippen LogP contribution in [-0.4, -0.2) is 61.1 Å². The highest BCUT2D eigenvalue weighted by Gasteiger charge is 2.44. The average Bonchev–Trinajstić information content (AvgIpc) is 2.65. The molecule has 1 saturated heterocycles. The van der Waals surface area contributed by atoms with Gasteiger partial charge in [-0.25, -0.2) is 0 Å². The molecule has 0 aromatic rings. The highest BCUT2D eigenvalue weighted by molar-refractivity contribution is 7.87. The standard InChI is InChI=1S/C11H27BN4O4S/c1-9(6-13)15-21(19,20)16-7-10(11(2,14)8-16)4-3-5-12(17)18/h9-10,15,17-18H,3-8,13-14H2,1-2H3/t9?,10-,11-/m0/s1. The van der Waals surface area contributed by atoms with Gasteiger partial charge in [-0.15, -0.1) is 0 Å². The fraction of sp³-hybridized carbons (Fsp3) is 1.00. The molecule has 1 unspecified atom stereocenters. The molecule has 0 amide bonds. The van der Waals surface area contributed by atoms with E-state index in [9.17, 15) is 8.42 Å². The SMILES string of the molecule is CC(CN)NS(=O)(=O)N1C[C@H](CCCB(O)O)[C@@](C)(N)C1. The zero-order valence-electron chi connectivity index (χ0n) is 12.7. The molecule has 0 aromatic heterocycles. The number of nitrogens with one attached hydrogen (secondary N) is 1. The van der Waals surface area contributed by atoms with Crippen LogP contribution in [0, 0.1) is 5.92 Å². The van der Waals surface area contributed by atoms with E-state index in [2.05, 4.69) is 4.72 Å². The number of nitrogens with two attached hydrogens (primary N) is 2. The Morgan fingerprint density at radius 3 is 2.67 bits per heavy atom. The van der Waals surface area contributed by atoms with Gasteiger partial charge in [0.25, 0.3) is 10.2 Å². The molecule has 8 nitrogen and oxygen atoms in total. The molecule has 0 saturated carbocycles. The van der Waals surface area contributed by atoms with Crippen molar-refractivity contribution in [1.82, 2.24) is 9.03 Å². The van der Waals surface area contributed by atoms with Crippen molar-refractivity contribution < 1.29 is 18.5 Å². The molecule has 7 N–H and O–H groups in total. The van der Waals surface area contributed by atoms with E-state index in [-0.39, 0.29) is 31.4 Å². The third kappa shape index (κ3) is 5.48. The Morgan fingerprint density at radius 1 is 1.52 bits per heavy atom. The highest BCUT2D eigenvalue weighted by atomic mass is 32.2. The first-order chi connectivity index (χ1) is 9.58. The summed E-state index contributed by atoms with van der Waals surface area (Å²) in [6.07, 6.45) is 1.51. The topological polar surface area (TPSA) is 142 Å². The lowest BCUT2D eigenvalue weighted by atomic mass is 9.79. The lowest BCUT2D eigenvalue weighted by Gasteiger charge is -2.25. The smallest absolute Gasteiger partial charge is 0.427 e. The summed E-state index contributed by atoms with van der Waals surface area (Å²) in [6, 6.07) is -0.331. The van der Waals surface area contributed by atoms with Crippen molar-refractivity contribution in [3.63, 3.8) is 0 Å². The summed E-state index contributed by atoms with van der Waals surface area (Å²) in [7, 11) is -4.92. The summed E-state index contributed by atoms with van der Waals surface area (Å²) in [5.41, 5.74) is 11.0. The molecule has 21 heavy (non-hydrogen) atoms. The van der Waals surface area contributed by atoms with Crippen LogP contribution in [0.5, 0.6) is 0 Å². The molecule has 3 atom stereocenters. The first kappa shape index (κ1) is 18.8. The molecule has 0 radical (unpaired) electrons. The Labute approximate surface area is 127 Å². The van der Waals surface area contributed by atoms with Crippen molar-refractivity contribution in [2.45, 2.75) is 44.6 Å². The van der Waals surface area contributed by atoms with Gasteiger partial charge in [0.05, 0.1) is 0 Å². The molecule has 10 heteroatoms. The lowest BCUT2D eigenvalue weighted by molar-refractivity contribution is 0.343. The number of nitrogens with zero attached hydrogens (tertiary/aromatic N) is 1. The fourth-order valence-electron chi connectivity index (χ4n) is 2.56. The van der Waals surface area contributed by atoms with Gasteiger partial charge in [-0.2, -0.15) is 17.4 Å². The minimum atomic E-state index is -3.59. The van der Waals surface area contributed by atoms with E-state index >= 15 is 0 Å². The van der Waals surface area contributed by atoms with E-state index in [0.717, 1.165) is 0 Å². The molecule has 0 aromatic carbocycles. The number of hydrogen-bond acceptors (Lipinski definition) is 6. The molecule has 0 bridgehead atoms. The third-order valence-electron chi connectivity index (χ3n) is 3.93. The quantitative estimate of drug-likeness (QED) is 0.329. The van der Waals surface area contributed by atoms with Crippen LogP contribution in [0.2, 0.25) is 6.32 Å². The van der Waals surface area contributed by atoms with E-state index in [4.69, 9.17) is 21.5 Å². The summed E-state index contributed by atoms with van der Waals surface area (Å²) in [5, 5.41) is 17.7. The molecule has 1 heterocycles. The van der Waals surface area contributed by atoms with Crippen molar-refractivity contribution in [2.24, 2.45) is 17.4 Å². The first-order valence-corrected chi connectivity index (χ1v) is 8.65. The second-order valence-corrected chi connectivity index (χ2v) is 7.87. The number of rotatable bonds is 8. The van der Waals surface area contributed by atoms with E-state index in [1.54, 1.807) is 6.92 Å². The van der Waals surface area contributed by atoms with Gasteiger partial charge in [-0.3, -0.25) is 0 Å². The maximum atomic E-state index is 12.2. The van der Waals surface area contributed by atoms with Crippen LogP contribution in [0.3, 0.4) is 0 Å². The van der Waals surface area contributed by atoms with Gasteiger partial charge in [0.2, 0.25) is 0 Å². The van der Waals surface area contributed by atoms with Gasteiger partial charge in [-0.1, -0.05) is 6.42 Å². The Morgan fingerprint density at radius 2 is 2.14 bits per heavy atom. The molecule has 1 fully saturated rings. The zero-order valence-corrected chi connectivity index (χ0v) is 13.5.